The van der Waals surface area contributed by atoms with Gasteiger partial charge in [-0.1, -0.05) is 48.5 Å². The summed E-state index contributed by atoms with van der Waals surface area (Å²) in [6, 6.07) is 17.8. The molecular formula is C24H21NO3S. The van der Waals surface area contributed by atoms with E-state index in [1.54, 1.807) is 6.92 Å². The van der Waals surface area contributed by atoms with Crippen LogP contribution in [0, 0.1) is 13.8 Å². The van der Waals surface area contributed by atoms with Gasteiger partial charge >= 0.3 is 5.97 Å². The SMILES string of the molecule is CCOC(=O)c1c(NC(=O)c2c3ccccc3cc3ccccc23)sc(C)c1C. The van der Waals surface area contributed by atoms with Gasteiger partial charge in [0, 0.05) is 4.88 Å². The van der Waals surface area contributed by atoms with Gasteiger partial charge in [0.25, 0.3) is 5.91 Å². The molecule has 0 radical (unpaired) electrons. The number of carbonyl (C=O) groups is 2. The first-order valence-corrected chi connectivity index (χ1v) is 10.3. The Balaban J connectivity index is 1.85. The molecule has 0 bridgehead atoms. The highest BCUT2D eigenvalue weighted by Crippen LogP contribution is 2.35. The highest BCUT2D eigenvalue weighted by Gasteiger charge is 2.23. The molecule has 4 rings (SSSR count). The van der Waals surface area contributed by atoms with Gasteiger partial charge in [0.1, 0.15) is 5.00 Å². The van der Waals surface area contributed by atoms with Crippen molar-refractivity contribution in [2.24, 2.45) is 0 Å². The fraction of sp³-hybridized carbons (Fsp3) is 0.167. The predicted molar refractivity (Wildman–Crippen MR) is 119 cm³/mol. The normalized spacial score (nSPS) is 11.0. The number of hydrogen-bond acceptors (Lipinski definition) is 4. The van der Waals surface area contributed by atoms with Crippen molar-refractivity contribution in [3.05, 3.63) is 76.2 Å². The third kappa shape index (κ3) is 3.38. The van der Waals surface area contributed by atoms with E-state index in [0.717, 1.165) is 32.0 Å². The zero-order valence-electron chi connectivity index (χ0n) is 16.5. The molecule has 0 saturated carbocycles. The highest BCUT2D eigenvalue weighted by atomic mass is 32.1. The summed E-state index contributed by atoms with van der Waals surface area (Å²) in [5.74, 6) is -0.641. The number of aryl methyl sites for hydroxylation is 1. The topological polar surface area (TPSA) is 55.4 Å². The number of benzene rings is 3. The lowest BCUT2D eigenvalue weighted by atomic mass is 9.96. The maximum atomic E-state index is 13.4. The summed E-state index contributed by atoms with van der Waals surface area (Å²) < 4.78 is 5.21. The Morgan fingerprint density at radius 3 is 2.10 bits per heavy atom. The number of esters is 1. The second-order valence-corrected chi connectivity index (χ2v) is 8.08. The number of anilines is 1. The number of hydrogen-bond donors (Lipinski definition) is 1. The fourth-order valence-corrected chi connectivity index (χ4v) is 4.63. The van der Waals surface area contributed by atoms with E-state index in [-0.39, 0.29) is 12.5 Å². The first kappa shape index (κ1) is 19.2. The van der Waals surface area contributed by atoms with Gasteiger partial charge < -0.3 is 10.1 Å². The van der Waals surface area contributed by atoms with Gasteiger partial charge in [-0.25, -0.2) is 4.79 Å². The highest BCUT2D eigenvalue weighted by molar-refractivity contribution is 7.16. The Hall–Kier alpha value is -3.18. The van der Waals surface area contributed by atoms with Crippen molar-refractivity contribution in [2.75, 3.05) is 11.9 Å². The van der Waals surface area contributed by atoms with Crippen molar-refractivity contribution in [2.45, 2.75) is 20.8 Å². The molecular weight excluding hydrogens is 382 g/mol. The summed E-state index contributed by atoms with van der Waals surface area (Å²) >= 11 is 1.40. The lowest BCUT2D eigenvalue weighted by Crippen LogP contribution is -2.15. The minimum Gasteiger partial charge on any atom is -0.462 e. The van der Waals surface area contributed by atoms with Gasteiger partial charge in [0.05, 0.1) is 17.7 Å². The minimum absolute atomic E-state index is 0.232. The van der Waals surface area contributed by atoms with Gasteiger partial charge in [0.2, 0.25) is 0 Å². The van der Waals surface area contributed by atoms with Crippen LogP contribution >= 0.6 is 11.3 Å². The maximum Gasteiger partial charge on any atom is 0.341 e. The number of thiophene rings is 1. The molecule has 146 valence electrons. The molecule has 1 N–H and O–H groups in total. The molecule has 4 aromatic rings. The summed E-state index contributed by atoms with van der Waals surface area (Å²) in [5.41, 5.74) is 1.89. The third-order valence-corrected chi connectivity index (χ3v) is 6.21. The average Bonchev–Trinajstić information content (AvgIpc) is 2.99. The number of carbonyl (C=O) groups excluding carboxylic acids is 2. The molecule has 3 aromatic carbocycles. The van der Waals surface area contributed by atoms with Crippen LogP contribution in [0.1, 0.15) is 38.1 Å². The van der Waals surface area contributed by atoms with Gasteiger partial charge in [-0.15, -0.1) is 11.3 Å². The molecule has 1 heterocycles. The van der Waals surface area contributed by atoms with Gasteiger partial charge in [-0.2, -0.15) is 0 Å². The number of fused-ring (bicyclic) bond motifs is 2. The molecule has 1 amide bonds. The molecule has 0 aliphatic carbocycles. The summed E-state index contributed by atoms with van der Waals surface area (Å²) in [7, 11) is 0. The van der Waals surface area contributed by atoms with E-state index in [1.165, 1.54) is 11.3 Å². The average molecular weight is 404 g/mol. The van der Waals surface area contributed by atoms with Gasteiger partial charge in [-0.3, -0.25) is 4.79 Å². The van der Waals surface area contributed by atoms with Crippen molar-refractivity contribution in [1.82, 2.24) is 0 Å². The van der Waals surface area contributed by atoms with Crippen molar-refractivity contribution in [3.63, 3.8) is 0 Å². The molecule has 0 aliphatic heterocycles. The van der Waals surface area contributed by atoms with E-state index < -0.39 is 5.97 Å². The summed E-state index contributed by atoms with van der Waals surface area (Å²) in [4.78, 5) is 26.9. The summed E-state index contributed by atoms with van der Waals surface area (Å²) in [6.07, 6.45) is 0. The molecule has 0 spiro atoms. The van der Waals surface area contributed by atoms with Gasteiger partial charge in [0.15, 0.2) is 0 Å². The van der Waals surface area contributed by atoms with Crippen LogP contribution in [0.4, 0.5) is 5.00 Å². The Morgan fingerprint density at radius 1 is 0.931 bits per heavy atom. The van der Waals surface area contributed by atoms with Crippen molar-refractivity contribution in [1.29, 1.82) is 0 Å². The molecule has 0 aliphatic rings. The van der Waals surface area contributed by atoms with E-state index in [2.05, 4.69) is 11.4 Å². The van der Waals surface area contributed by atoms with Crippen LogP contribution in [0.2, 0.25) is 0 Å². The standard InChI is InChI=1S/C24H21NO3S/c1-4-28-24(27)20-14(2)15(3)29-23(20)25-22(26)21-18-11-7-5-9-16(18)13-17-10-6-8-12-19(17)21/h5-13H,4H2,1-3H3,(H,25,26). The van der Waals surface area contributed by atoms with Crippen LogP contribution < -0.4 is 5.32 Å². The number of amides is 1. The maximum absolute atomic E-state index is 13.4. The van der Waals surface area contributed by atoms with E-state index in [0.29, 0.717) is 16.1 Å². The lowest BCUT2D eigenvalue weighted by Gasteiger charge is -2.12. The zero-order valence-corrected chi connectivity index (χ0v) is 17.4. The Morgan fingerprint density at radius 2 is 1.52 bits per heavy atom. The summed E-state index contributed by atoms with van der Waals surface area (Å²) in [5, 5.41) is 7.28. The molecule has 0 saturated heterocycles. The molecule has 1 aromatic heterocycles. The van der Waals surface area contributed by atoms with Crippen LogP contribution in [-0.2, 0) is 4.74 Å². The lowest BCUT2D eigenvalue weighted by molar-refractivity contribution is 0.0527. The zero-order chi connectivity index (χ0) is 20.5. The fourth-order valence-electron chi connectivity index (χ4n) is 3.59. The number of rotatable bonds is 4. The second kappa shape index (κ2) is 7.68. The van der Waals surface area contributed by atoms with Crippen LogP contribution in [0.25, 0.3) is 21.5 Å². The molecule has 0 unspecified atom stereocenters. The van der Waals surface area contributed by atoms with E-state index in [9.17, 15) is 9.59 Å². The first-order chi connectivity index (χ1) is 14.0. The minimum atomic E-state index is -0.410. The molecule has 4 nitrogen and oxygen atoms in total. The molecule has 5 heteroatoms. The Kier molecular flexibility index (Phi) is 5.07. The number of ether oxygens (including phenoxy) is 1. The number of nitrogens with one attached hydrogen (secondary N) is 1. The van der Waals surface area contributed by atoms with Crippen LogP contribution in [0.3, 0.4) is 0 Å². The first-order valence-electron chi connectivity index (χ1n) is 9.50. The van der Waals surface area contributed by atoms with Crippen molar-refractivity contribution < 1.29 is 14.3 Å². The third-order valence-electron chi connectivity index (χ3n) is 5.09. The van der Waals surface area contributed by atoms with Crippen LogP contribution in [0.5, 0.6) is 0 Å². The van der Waals surface area contributed by atoms with E-state index in [4.69, 9.17) is 4.74 Å². The van der Waals surface area contributed by atoms with Crippen LogP contribution in [0.15, 0.2) is 54.6 Å². The molecule has 29 heavy (non-hydrogen) atoms. The quantitative estimate of drug-likeness (QED) is 0.331. The Labute approximate surface area is 173 Å². The van der Waals surface area contributed by atoms with Crippen molar-refractivity contribution >= 4 is 49.8 Å². The smallest absolute Gasteiger partial charge is 0.341 e. The Bertz CT molecular complexity index is 1200. The van der Waals surface area contributed by atoms with Crippen molar-refractivity contribution in [3.8, 4) is 0 Å². The van der Waals surface area contributed by atoms with Gasteiger partial charge in [-0.05, 0) is 53.9 Å². The predicted octanol–water partition coefficient (Wildman–Crippen LogP) is 6.10. The monoisotopic (exact) mass is 403 g/mol. The second-order valence-electron chi connectivity index (χ2n) is 6.86. The van der Waals surface area contributed by atoms with E-state index in [1.807, 2.05) is 62.4 Å². The molecule has 0 atom stereocenters. The largest absolute Gasteiger partial charge is 0.462 e. The van der Waals surface area contributed by atoms with E-state index >= 15 is 0 Å². The molecule has 0 fully saturated rings. The summed E-state index contributed by atoms with van der Waals surface area (Å²) in [6.45, 7) is 5.87. The van der Waals surface area contributed by atoms with Crippen LogP contribution in [-0.4, -0.2) is 18.5 Å².